The SMILES string of the molecule is Cc1nc2nc(SCc3ccc(Cl)cc3Cl)[nH]c2cc1Br. The number of H-pyrrole nitrogens is 1. The topological polar surface area (TPSA) is 41.6 Å². The smallest absolute Gasteiger partial charge is 0.178 e. The van der Waals surface area contributed by atoms with E-state index < -0.39 is 0 Å². The highest BCUT2D eigenvalue weighted by molar-refractivity contribution is 9.10. The second kappa shape index (κ2) is 6.16. The molecule has 0 fully saturated rings. The van der Waals surface area contributed by atoms with Crippen LogP contribution >= 0.6 is 50.9 Å². The van der Waals surface area contributed by atoms with Crippen LogP contribution in [0.1, 0.15) is 11.3 Å². The van der Waals surface area contributed by atoms with E-state index in [1.54, 1.807) is 17.8 Å². The first-order valence-corrected chi connectivity index (χ1v) is 8.66. The average molecular weight is 403 g/mol. The number of hydrogen-bond donors (Lipinski definition) is 1. The van der Waals surface area contributed by atoms with Crippen molar-refractivity contribution in [2.75, 3.05) is 0 Å². The zero-order valence-corrected chi connectivity index (χ0v) is 14.9. The van der Waals surface area contributed by atoms with Crippen molar-refractivity contribution in [2.45, 2.75) is 17.8 Å². The monoisotopic (exact) mass is 401 g/mol. The number of nitrogens with one attached hydrogen (secondary N) is 1. The van der Waals surface area contributed by atoms with E-state index in [2.05, 4.69) is 30.9 Å². The van der Waals surface area contributed by atoms with Gasteiger partial charge in [0.05, 0.1) is 11.2 Å². The van der Waals surface area contributed by atoms with E-state index in [1.807, 2.05) is 25.1 Å². The largest absolute Gasteiger partial charge is 0.331 e. The number of pyridine rings is 1. The van der Waals surface area contributed by atoms with Gasteiger partial charge in [-0.15, -0.1) is 0 Å². The molecule has 21 heavy (non-hydrogen) atoms. The van der Waals surface area contributed by atoms with Crippen LogP contribution in [0.2, 0.25) is 10.0 Å². The maximum atomic E-state index is 6.17. The van der Waals surface area contributed by atoms with Gasteiger partial charge in [0.2, 0.25) is 0 Å². The summed E-state index contributed by atoms with van der Waals surface area (Å²) < 4.78 is 0.968. The second-order valence-corrected chi connectivity index (χ2v) is 7.16. The molecule has 0 amide bonds. The number of imidazole rings is 1. The Bertz CT molecular complexity index is 780. The normalized spacial score (nSPS) is 11.2. The van der Waals surface area contributed by atoms with E-state index in [0.717, 1.165) is 37.8 Å². The highest BCUT2D eigenvalue weighted by atomic mass is 79.9. The Hall–Kier alpha value is -0.750. The molecule has 2 aromatic heterocycles. The maximum Gasteiger partial charge on any atom is 0.178 e. The first-order chi connectivity index (χ1) is 10.0. The molecule has 108 valence electrons. The van der Waals surface area contributed by atoms with Gasteiger partial charge in [0, 0.05) is 20.3 Å². The van der Waals surface area contributed by atoms with Crippen molar-refractivity contribution >= 4 is 62.1 Å². The molecule has 0 spiro atoms. The number of thioether (sulfide) groups is 1. The fraction of sp³-hybridized carbons (Fsp3) is 0.143. The lowest BCUT2D eigenvalue weighted by Gasteiger charge is -2.02. The van der Waals surface area contributed by atoms with Crippen molar-refractivity contribution in [2.24, 2.45) is 0 Å². The molecule has 0 radical (unpaired) electrons. The van der Waals surface area contributed by atoms with Crippen LogP contribution in [0.15, 0.2) is 33.9 Å². The molecule has 0 unspecified atom stereocenters. The number of nitrogens with zero attached hydrogens (tertiary/aromatic N) is 2. The lowest BCUT2D eigenvalue weighted by Crippen LogP contribution is -1.84. The minimum Gasteiger partial charge on any atom is -0.331 e. The van der Waals surface area contributed by atoms with Gasteiger partial charge in [-0.2, -0.15) is 0 Å². The summed E-state index contributed by atoms with van der Waals surface area (Å²) in [6.45, 7) is 1.94. The molecule has 7 heteroatoms. The summed E-state index contributed by atoms with van der Waals surface area (Å²) in [5.74, 6) is 0.718. The highest BCUT2D eigenvalue weighted by Crippen LogP contribution is 2.29. The molecule has 0 atom stereocenters. The zero-order chi connectivity index (χ0) is 15.0. The fourth-order valence-corrected chi connectivity index (χ4v) is 3.59. The molecule has 3 aromatic rings. The minimum absolute atomic E-state index is 0.641. The third-order valence-electron chi connectivity index (χ3n) is 2.96. The van der Waals surface area contributed by atoms with Crippen LogP contribution < -0.4 is 0 Å². The zero-order valence-electron chi connectivity index (χ0n) is 11.0. The van der Waals surface area contributed by atoms with Crippen LogP contribution in [0.5, 0.6) is 0 Å². The van der Waals surface area contributed by atoms with Crippen LogP contribution in [0.3, 0.4) is 0 Å². The highest BCUT2D eigenvalue weighted by Gasteiger charge is 2.09. The van der Waals surface area contributed by atoms with E-state index >= 15 is 0 Å². The van der Waals surface area contributed by atoms with Crippen molar-refractivity contribution in [3.05, 3.63) is 50.0 Å². The van der Waals surface area contributed by atoms with Gasteiger partial charge in [-0.25, -0.2) is 9.97 Å². The summed E-state index contributed by atoms with van der Waals surface area (Å²) >= 11 is 17.1. The number of halogens is 3. The predicted molar refractivity (Wildman–Crippen MR) is 92.3 cm³/mol. The standard InChI is InChI=1S/C14H10BrCl2N3S/c1-7-10(15)5-12-13(18-7)20-14(19-12)21-6-8-2-3-9(16)4-11(8)17/h2-5H,6H2,1H3,(H,18,19,20). The van der Waals surface area contributed by atoms with E-state index in [1.165, 1.54) is 0 Å². The van der Waals surface area contributed by atoms with Gasteiger partial charge in [-0.3, -0.25) is 0 Å². The van der Waals surface area contributed by atoms with Crippen LogP contribution in [-0.2, 0) is 5.75 Å². The number of benzene rings is 1. The number of rotatable bonds is 3. The third-order valence-corrected chi connectivity index (χ3v) is 5.27. The first kappa shape index (κ1) is 15.2. The summed E-state index contributed by atoms with van der Waals surface area (Å²) in [6.07, 6.45) is 0. The number of hydrogen-bond acceptors (Lipinski definition) is 3. The third kappa shape index (κ3) is 3.37. The van der Waals surface area contributed by atoms with Crippen LogP contribution in [-0.4, -0.2) is 15.0 Å². The molecular weight excluding hydrogens is 393 g/mol. The van der Waals surface area contributed by atoms with Crippen molar-refractivity contribution in [3.8, 4) is 0 Å². The molecule has 0 saturated carbocycles. The summed E-state index contributed by atoms with van der Waals surface area (Å²) in [7, 11) is 0. The van der Waals surface area contributed by atoms with Crippen LogP contribution in [0.25, 0.3) is 11.2 Å². The van der Waals surface area contributed by atoms with Crippen molar-refractivity contribution in [1.29, 1.82) is 0 Å². The molecular formula is C14H10BrCl2N3S. The van der Waals surface area contributed by atoms with Gasteiger partial charge in [0.15, 0.2) is 10.8 Å². The summed E-state index contributed by atoms with van der Waals surface area (Å²) in [5, 5.41) is 2.13. The Morgan fingerprint density at radius 3 is 2.81 bits per heavy atom. The van der Waals surface area contributed by atoms with Gasteiger partial charge >= 0.3 is 0 Å². The lowest BCUT2D eigenvalue weighted by atomic mass is 10.2. The molecule has 1 aromatic carbocycles. The van der Waals surface area contributed by atoms with E-state index in [4.69, 9.17) is 23.2 Å². The Kier molecular flexibility index (Phi) is 4.45. The number of aromatic amines is 1. The molecule has 0 bridgehead atoms. The Balaban J connectivity index is 1.82. The molecule has 3 rings (SSSR count). The number of fused-ring (bicyclic) bond motifs is 1. The minimum atomic E-state index is 0.641. The van der Waals surface area contributed by atoms with E-state index in [-0.39, 0.29) is 0 Å². The molecule has 0 aliphatic carbocycles. The molecule has 1 N–H and O–H groups in total. The van der Waals surface area contributed by atoms with Crippen LogP contribution in [0.4, 0.5) is 0 Å². The Morgan fingerprint density at radius 1 is 1.24 bits per heavy atom. The fourth-order valence-electron chi connectivity index (χ4n) is 1.84. The van der Waals surface area contributed by atoms with E-state index in [0.29, 0.717) is 10.0 Å². The second-order valence-electron chi connectivity index (χ2n) is 4.49. The van der Waals surface area contributed by atoms with Gasteiger partial charge in [0.1, 0.15) is 0 Å². The molecule has 0 aliphatic rings. The van der Waals surface area contributed by atoms with Crippen molar-refractivity contribution < 1.29 is 0 Å². The predicted octanol–water partition coefficient (Wildman–Crippen LogP) is 5.63. The van der Waals surface area contributed by atoms with Gasteiger partial charge in [-0.1, -0.05) is 41.0 Å². The molecule has 0 saturated heterocycles. The molecule has 0 aliphatic heterocycles. The Morgan fingerprint density at radius 2 is 2.05 bits per heavy atom. The van der Waals surface area contributed by atoms with Gasteiger partial charge in [0.25, 0.3) is 0 Å². The average Bonchev–Trinajstić information content (AvgIpc) is 2.80. The van der Waals surface area contributed by atoms with E-state index in [9.17, 15) is 0 Å². The maximum absolute atomic E-state index is 6.17. The van der Waals surface area contributed by atoms with Gasteiger partial charge < -0.3 is 4.98 Å². The number of aromatic nitrogens is 3. The lowest BCUT2D eigenvalue weighted by molar-refractivity contribution is 1.07. The summed E-state index contributed by atoms with van der Waals surface area (Å²) in [6, 6.07) is 7.51. The quantitative estimate of drug-likeness (QED) is 0.577. The van der Waals surface area contributed by atoms with Crippen molar-refractivity contribution in [3.63, 3.8) is 0 Å². The van der Waals surface area contributed by atoms with Gasteiger partial charge in [-0.05, 0) is 46.6 Å². The number of aryl methyl sites for hydroxylation is 1. The summed E-state index contributed by atoms with van der Waals surface area (Å²) in [4.78, 5) is 12.2. The molecule has 3 nitrogen and oxygen atoms in total. The molecule has 2 heterocycles. The summed E-state index contributed by atoms with van der Waals surface area (Å²) in [5.41, 5.74) is 3.58. The Labute approximate surface area is 144 Å². The van der Waals surface area contributed by atoms with Crippen LogP contribution in [0, 0.1) is 6.92 Å². The van der Waals surface area contributed by atoms with Crippen molar-refractivity contribution in [1.82, 2.24) is 15.0 Å². The first-order valence-electron chi connectivity index (χ1n) is 6.12.